The number of unbranched alkanes of at least 4 members (excludes halogenated alkanes) is 2. The molecule has 2 atom stereocenters. The van der Waals surface area contributed by atoms with Gasteiger partial charge in [-0.1, -0.05) is 19.8 Å². The van der Waals surface area contributed by atoms with Crippen LogP contribution in [0.15, 0.2) is 63.0 Å². The first-order chi connectivity index (χ1) is 20.4. The van der Waals surface area contributed by atoms with Crippen LogP contribution in [0.5, 0.6) is 0 Å². The second kappa shape index (κ2) is 13.5. The molecule has 1 aliphatic heterocycles. The lowest BCUT2D eigenvalue weighted by atomic mass is 9.90. The molecule has 5 rings (SSSR count). The van der Waals surface area contributed by atoms with Crippen molar-refractivity contribution in [2.24, 2.45) is 40.0 Å². The Morgan fingerprint density at radius 2 is 2.17 bits per heavy atom. The molecule has 10 nitrogen and oxygen atoms in total. The molecule has 224 valence electrons. The van der Waals surface area contributed by atoms with Gasteiger partial charge in [-0.3, -0.25) is 9.79 Å². The summed E-state index contributed by atoms with van der Waals surface area (Å²) in [5.74, 6) is 0.124. The van der Waals surface area contributed by atoms with Crippen molar-refractivity contribution in [3.63, 3.8) is 0 Å². The Kier molecular flexibility index (Phi) is 9.51. The fourth-order valence-corrected chi connectivity index (χ4v) is 6.17. The molecule has 2 fully saturated rings. The van der Waals surface area contributed by atoms with E-state index in [1.807, 2.05) is 42.2 Å². The number of carbonyl (C=O) groups is 1. The fraction of sp³-hybridized carbons (Fsp3) is 0.531. The minimum atomic E-state index is -0.0810. The van der Waals surface area contributed by atoms with Gasteiger partial charge in [0.2, 0.25) is 12.0 Å². The van der Waals surface area contributed by atoms with Gasteiger partial charge in [0.15, 0.2) is 7.05 Å². The van der Waals surface area contributed by atoms with Crippen LogP contribution < -0.4 is 15.5 Å². The number of aromatic amines is 1. The number of aliphatic imine (C=N–C) groups is 2. The van der Waals surface area contributed by atoms with Gasteiger partial charge in [0.1, 0.15) is 11.8 Å². The Morgan fingerprint density at radius 1 is 1.33 bits per heavy atom. The van der Waals surface area contributed by atoms with Crippen LogP contribution in [0, 0.1) is 17.3 Å². The molecule has 2 aromatic heterocycles. The van der Waals surface area contributed by atoms with Gasteiger partial charge >= 0.3 is 0 Å². The number of fused-ring (bicyclic) bond motifs is 1. The number of benzene rings is 1. The largest absolute Gasteiger partial charge is 0.862 e. The van der Waals surface area contributed by atoms with Crippen molar-refractivity contribution in [3.05, 3.63) is 54.5 Å². The summed E-state index contributed by atoms with van der Waals surface area (Å²) in [6.45, 7) is 5.80. The van der Waals surface area contributed by atoms with Crippen LogP contribution in [0.1, 0.15) is 69.0 Å². The zero-order valence-electron chi connectivity index (χ0n) is 24.8. The van der Waals surface area contributed by atoms with Crippen LogP contribution in [-0.4, -0.2) is 59.1 Å². The van der Waals surface area contributed by atoms with E-state index in [2.05, 4.69) is 31.9 Å². The standard InChI is InChI=1S/C32H43N7O3/c1-3-39-16-12-32(13-17-39)20-26(32)30(41)36-21-23(7-5-4-6-8-29(40)31-35-15-18-42-31)27(33)11-14-34-25-9-10-28-24(19-25)22-38(2)37-28/h9-11,14-15,18-19,22-23,26H,3-8,12-13,16-17,20-21H2,1-2H3,(H3,33,34,36,41)/t23?,26-/m1/s1. The summed E-state index contributed by atoms with van der Waals surface area (Å²) in [4.78, 5) is 27.7. The number of piperidine rings is 1. The predicted octanol–water partition coefficient (Wildman–Crippen LogP) is 3.86. The van der Waals surface area contributed by atoms with E-state index < -0.39 is 0 Å². The van der Waals surface area contributed by atoms with Crippen LogP contribution in [0.3, 0.4) is 0 Å². The summed E-state index contributed by atoms with van der Waals surface area (Å²) < 4.78 is 7.01. The maximum absolute atomic E-state index is 13.1. The number of H-pyrrole nitrogens is 1. The Bertz CT molecular complexity index is 1430. The molecule has 1 aliphatic carbocycles. The van der Waals surface area contributed by atoms with Crippen molar-refractivity contribution in [1.29, 1.82) is 0 Å². The highest BCUT2D eigenvalue weighted by Gasteiger charge is 2.54. The molecule has 0 bridgehead atoms. The number of oxazole rings is 1. The summed E-state index contributed by atoms with van der Waals surface area (Å²) in [6, 6.07) is 5.99. The van der Waals surface area contributed by atoms with Gasteiger partial charge in [-0.25, -0.2) is 4.98 Å². The number of Topliss-reactive ketones (excluding diaryl/α,β-unsaturated/α-hetero) is 1. The first-order valence-corrected chi connectivity index (χ1v) is 15.2. The van der Waals surface area contributed by atoms with Crippen molar-refractivity contribution < 1.29 is 19.0 Å². The smallest absolute Gasteiger partial charge is 0.263 e. The van der Waals surface area contributed by atoms with E-state index in [9.17, 15) is 9.90 Å². The minimum absolute atomic E-state index is 0.0379. The molecule has 1 saturated carbocycles. The summed E-state index contributed by atoms with van der Waals surface area (Å²) in [5, 5.41) is 17.4. The van der Waals surface area contributed by atoms with E-state index >= 15 is 0 Å². The molecule has 0 amide bonds. The Morgan fingerprint density at radius 3 is 2.93 bits per heavy atom. The monoisotopic (exact) mass is 573 g/mol. The van der Waals surface area contributed by atoms with Gasteiger partial charge in [-0.15, -0.1) is 4.68 Å². The lowest BCUT2D eigenvalue weighted by Crippen LogP contribution is -2.36. The summed E-state index contributed by atoms with van der Waals surface area (Å²) in [5.41, 5.74) is 9.28. The predicted molar refractivity (Wildman–Crippen MR) is 161 cm³/mol. The SMILES string of the molecule is CCN1CCC2(CC1)C[C@@H]2C([O-])=NCC(CCCCCC(=O)c1ncco1)/C(N)=C/C=Nc1ccc2[nH][n+](C)cc2c1. The first kappa shape index (κ1) is 29.7. The maximum atomic E-state index is 13.1. The first-order valence-electron chi connectivity index (χ1n) is 15.2. The molecule has 0 radical (unpaired) electrons. The van der Waals surface area contributed by atoms with Gasteiger partial charge < -0.3 is 25.1 Å². The molecule has 2 aliphatic rings. The number of aromatic nitrogens is 3. The highest BCUT2D eigenvalue weighted by atomic mass is 16.3. The van der Waals surface area contributed by atoms with E-state index in [-0.39, 0.29) is 34.8 Å². The third-order valence-corrected chi connectivity index (χ3v) is 9.01. The van der Waals surface area contributed by atoms with E-state index in [1.54, 1.807) is 6.21 Å². The molecule has 1 spiro atoms. The van der Waals surface area contributed by atoms with Crippen molar-refractivity contribution in [3.8, 4) is 0 Å². The average molecular weight is 574 g/mol. The number of ketones is 1. The van der Waals surface area contributed by atoms with Crippen LogP contribution in [-0.2, 0) is 7.05 Å². The fourth-order valence-electron chi connectivity index (χ4n) is 6.17. The number of aryl methyl sites for hydroxylation is 1. The molecule has 1 unspecified atom stereocenters. The molecule has 3 heterocycles. The lowest BCUT2D eigenvalue weighted by molar-refractivity contribution is -0.724. The van der Waals surface area contributed by atoms with E-state index in [1.165, 1.54) is 12.5 Å². The number of nitrogens with zero attached hydrogens (tertiary/aromatic N) is 5. The molecule has 42 heavy (non-hydrogen) atoms. The van der Waals surface area contributed by atoms with Crippen molar-refractivity contribution in [1.82, 2.24) is 15.0 Å². The number of hydrogen-bond donors (Lipinski definition) is 2. The second-order valence-corrected chi connectivity index (χ2v) is 11.9. The number of likely N-dealkylation sites (tertiary alicyclic amines) is 1. The molecular formula is C32H43N7O3. The zero-order valence-corrected chi connectivity index (χ0v) is 24.8. The van der Waals surface area contributed by atoms with Gasteiger partial charge in [0.05, 0.1) is 17.3 Å². The molecule has 3 aromatic rings. The molecule has 3 N–H and O–H groups in total. The van der Waals surface area contributed by atoms with Crippen LogP contribution >= 0.6 is 0 Å². The van der Waals surface area contributed by atoms with Gasteiger partial charge in [-0.05, 0) is 93.2 Å². The number of allylic oxidation sites excluding steroid dienone is 1. The number of carbonyl (C=O) groups excluding carboxylic acids is 1. The normalized spacial score (nSPS) is 20.1. The maximum Gasteiger partial charge on any atom is 0.263 e. The Hall–Kier alpha value is -3.79. The van der Waals surface area contributed by atoms with Crippen molar-refractivity contribution in [2.45, 2.75) is 58.3 Å². The van der Waals surface area contributed by atoms with E-state index in [0.29, 0.717) is 18.7 Å². The molecule has 10 heteroatoms. The number of rotatable bonds is 14. The average Bonchev–Trinajstić information content (AvgIpc) is 3.30. The summed E-state index contributed by atoms with van der Waals surface area (Å²) in [6.07, 6.45) is 15.3. The third-order valence-electron chi connectivity index (χ3n) is 9.01. The van der Waals surface area contributed by atoms with Crippen molar-refractivity contribution in [2.75, 3.05) is 26.2 Å². The van der Waals surface area contributed by atoms with Gasteiger partial charge in [0.25, 0.3) is 5.89 Å². The Balaban J connectivity index is 1.19. The van der Waals surface area contributed by atoms with E-state index in [0.717, 1.165) is 81.2 Å². The van der Waals surface area contributed by atoms with Crippen LogP contribution in [0.25, 0.3) is 10.9 Å². The number of nitrogens with one attached hydrogen (secondary N) is 1. The quantitative estimate of drug-likeness (QED) is 0.0987. The van der Waals surface area contributed by atoms with Crippen LogP contribution in [0.4, 0.5) is 5.69 Å². The highest BCUT2D eigenvalue weighted by molar-refractivity contribution is 5.91. The second-order valence-electron chi connectivity index (χ2n) is 11.9. The molecule has 1 saturated heterocycles. The van der Waals surface area contributed by atoms with Crippen LogP contribution in [0.2, 0.25) is 0 Å². The molecular weight excluding hydrogens is 530 g/mol. The van der Waals surface area contributed by atoms with Gasteiger partial charge in [0, 0.05) is 30.8 Å². The minimum Gasteiger partial charge on any atom is -0.862 e. The van der Waals surface area contributed by atoms with Gasteiger partial charge in [-0.2, -0.15) is 5.10 Å². The summed E-state index contributed by atoms with van der Waals surface area (Å²) >= 11 is 0. The number of hydrogen-bond acceptors (Lipinski definition) is 8. The summed E-state index contributed by atoms with van der Waals surface area (Å²) in [7, 11) is 1.95. The zero-order chi connectivity index (χ0) is 29.5. The third kappa shape index (κ3) is 7.34. The number of nitrogens with two attached hydrogens (primary N) is 1. The van der Waals surface area contributed by atoms with E-state index in [4.69, 9.17) is 10.2 Å². The topological polar surface area (TPSA) is 140 Å². The van der Waals surface area contributed by atoms with Crippen molar-refractivity contribution >= 4 is 34.5 Å². The Labute approximate surface area is 247 Å². The molecule has 1 aromatic carbocycles. The lowest BCUT2D eigenvalue weighted by Gasteiger charge is -2.32. The highest BCUT2D eigenvalue weighted by Crippen LogP contribution is 2.59.